The number of carbonyl (C=O) groups is 2. The lowest BCUT2D eigenvalue weighted by molar-refractivity contribution is -0.118. The van der Waals surface area contributed by atoms with Crippen LogP contribution in [0, 0.1) is 0 Å². The molecule has 0 spiro atoms. The van der Waals surface area contributed by atoms with E-state index in [4.69, 9.17) is 0 Å². The standard InChI is InChI=1S/C19H17N5O3/c25-10-17(19(27)21-13-6-5-12-9-20-24-15(12)8-13)23-18(26)16-7-11-3-1-2-4-14(11)22-16/h1-9,17,22,25H,10H2,(H,20,24)(H,21,27)(H,23,26). The molecule has 5 N–H and O–H groups in total. The molecule has 2 aromatic heterocycles. The van der Waals surface area contributed by atoms with Crippen molar-refractivity contribution in [1.29, 1.82) is 0 Å². The Morgan fingerprint density at radius 2 is 1.93 bits per heavy atom. The minimum atomic E-state index is -1.08. The summed E-state index contributed by atoms with van der Waals surface area (Å²) >= 11 is 0. The molecule has 8 heteroatoms. The molecule has 136 valence electrons. The van der Waals surface area contributed by atoms with Crippen LogP contribution < -0.4 is 10.6 Å². The number of anilines is 1. The molecule has 0 saturated carbocycles. The summed E-state index contributed by atoms with van der Waals surface area (Å²) in [5, 5.41) is 23.3. The third-order valence-corrected chi connectivity index (χ3v) is 4.29. The summed E-state index contributed by atoms with van der Waals surface area (Å²) in [5.74, 6) is -0.981. The van der Waals surface area contributed by atoms with Crippen LogP contribution in [0.3, 0.4) is 0 Å². The number of aromatic nitrogens is 3. The molecule has 0 saturated heterocycles. The van der Waals surface area contributed by atoms with Crippen molar-refractivity contribution in [2.45, 2.75) is 6.04 Å². The van der Waals surface area contributed by atoms with Crippen molar-refractivity contribution in [2.24, 2.45) is 0 Å². The number of fused-ring (bicyclic) bond motifs is 2. The van der Waals surface area contributed by atoms with Crippen LogP contribution in [0.4, 0.5) is 5.69 Å². The topological polar surface area (TPSA) is 123 Å². The second kappa shape index (κ2) is 6.93. The van der Waals surface area contributed by atoms with Crippen LogP contribution in [0.2, 0.25) is 0 Å². The van der Waals surface area contributed by atoms with E-state index in [1.54, 1.807) is 24.4 Å². The molecule has 0 aliphatic rings. The molecular formula is C19H17N5O3. The Bertz CT molecular complexity index is 1100. The van der Waals surface area contributed by atoms with Gasteiger partial charge in [0, 0.05) is 22.0 Å². The number of hydrogen-bond acceptors (Lipinski definition) is 4. The van der Waals surface area contributed by atoms with E-state index >= 15 is 0 Å². The maximum atomic E-state index is 12.4. The van der Waals surface area contributed by atoms with Crippen LogP contribution >= 0.6 is 0 Å². The quantitative estimate of drug-likeness (QED) is 0.371. The van der Waals surface area contributed by atoms with E-state index in [1.807, 2.05) is 30.3 Å². The molecule has 0 radical (unpaired) electrons. The van der Waals surface area contributed by atoms with Gasteiger partial charge in [0.2, 0.25) is 5.91 Å². The van der Waals surface area contributed by atoms with Crippen LogP contribution in [0.1, 0.15) is 10.5 Å². The molecule has 2 aromatic carbocycles. The molecule has 0 bridgehead atoms. The van der Waals surface area contributed by atoms with Crippen molar-refractivity contribution in [3.63, 3.8) is 0 Å². The van der Waals surface area contributed by atoms with E-state index < -0.39 is 24.5 Å². The monoisotopic (exact) mass is 363 g/mol. The maximum Gasteiger partial charge on any atom is 0.268 e. The van der Waals surface area contributed by atoms with Crippen molar-refractivity contribution in [3.05, 3.63) is 60.4 Å². The maximum absolute atomic E-state index is 12.4. The minimum Gasteiger partial charge on any atom is -0.394 e. The zero-order valence-electron chi connectivity index (χ0n) is 14.2. The van der Waals surface area contributed by atoms with Crippen LogP contribution in [0.15, 0.2) is 54.7 Å². The molecule has 4 aromatic rings. The van der Waals surface area contributed by atoms with E-state index in [9.17, 15) is 14.7 Å². The second-order valence-corrected chi connectivity index (χ2v) is 6.14. The zero-order chi connectivity index (χ0) is 18.8. The van der Waals surface area contributed by atoms with Gasteiger partial charge < -0.3 is 20.7 Å². The number of carbonyl (C=O) groups excluding carboxylic acids is 2. The molecule has 2 heterocycles. The van der Waals surface area contributed by atoms with Gasteiger partial charge in [0.25, 0.3) is 5.91 Å². The van der Waals surface area contributed by atoms with Gasteiger partial charge in [-0.1, -0.05) is 18.2 Å². The smallest absolute Gasteiger partial charge is 0.268 e. The molecule has 0 aliphatic carbocycles. The first kappa shape index (κ1) is 16.8. The van der Waals surface area contributed by atoms with Gasteiger partial charge in [0.1, 0.15) is 11.7 Å². The first-order valence-corrected chi connectivity index (χ1v) is 8.37. The Labute approximate surface area is 153 Å². The lowest BCUT2D eigenvalue weighted by Gasteiger charge is -2.15. The van der Waals surface area contributed by atoms with Crippen molar-refractivity contribution >= 4 is 39.3 Å². The highest BCUT2D eigenvalue weighted by atomic mass is 16.3. The van der Waals surface area contributed by atoms with E-state index in [1.165, 1.54) is 0 Å². The Balaban J connectivity index is 1.47. The number of aliphatic hydroxyl groups excluding tert-OH is 1. The summed E-state index contributed by atoms with van der Waals surface area (Å²) in [7, 11) is 0. The predicted molar refractivity (Wildman–Crippen MR) is 101 cm³/mol. The first-order chi connectivity index (χ1) is 13.1. The third kappa shape index (κ3) is 3.38. The molecule has 0 fully saturated rings. The van der Waals surface area contributed by atoms with Crippen molar-refractivity contribution in [3.8, 4) is 0 Å². The number of amides is 2. The van der Waals surface area contributed by atoms with E-state index in [0.717, 1.165) is 21.8 Å². The zero-order valence-corrected chi connectivity index (χ0v) is 14.2. The van der Waals surface area contributed by atoms with E-state index in [-0.39, 0.29) is 0 Å². The van der Waals surface area contributed by atoms with Gasteiger partial charge in [-0.2, -0.15) is 5.10 Å². The summed E-state index contributed by atoms with van der Waals surface area (Å²) in [5.41, 5.74) is 2.45. The number of para-hydroxylation sites is 1. The Morgan fingerprint density at radius 1 is 1.07 bits per heavy atom. The summed E-state index contributed by atoms with van der Waals surface area (Å²) in [6, 6.07) is 13.4. The molecule has 1 unspecified atom stereocenters. The van der Waals surface area contributed by atoms with Gasteiger partial charge in [0.05, 0.1) is 18.3 Å². The summed E-state index contributed by atoms with van der Waals surface area (Å²) in [6.45, 7) is -0.524. The summed E-state index contributed by atoms with van der Waals surface area (Å²) in [4.78, 5) is 27.9. The van der Waals surface area contributed by atoms with Gasteiger partial charge in [-0.3, -0.25) is 14.7 Å². The molecular weight excluding hydrogens is 346 g/mol. The molecule has 8 nitrogen and oxygen atoms in total. The number of nitrogens with one attached hydrogen (secondary N) is 4. The van der Waals surface area contributed by atoms with Crippen molar-refractivity contribution in [1.82, 2.24) is 20.5 Å². The Morgan fingerprint density at radius 3 is 2.74 bits per heavy atom. The fraction of sp³-hybridized carbons (Fsp3) is 0.105. The highest BCUT2D eigenvalue weighted by Crippen LogP contribution is 2.17. The van der Waals surface area contributed by atoms with Gasteiger partial charge in [-0.05, 0) is 30.3 Å². The molecule has 0 aliphatic heterocycles. The van der Waals surface area contributed by atoms with Gasteiger partial charge >= 0.3 is 0 Å². The van der Waals surface area contributed by atoms with Gasteiger partial charge in [-0.25, -0.2) is 0 Å². The number of benzene rings is 2. The molecule has 1 atom stereocenters. The Kier molecular flexibility index (Phi) is 4.31. The van der Waals surface area contributed by atoms with Crippen LogP contribution in [0.25, 0.3) is 21.8 Å². The highest BCUT2D eigenvalue weighted by molar-refractivity contribution is 6.03. The summed E-state index contributed by atoms with van der Waals surface area (Å²) < 4.78 is 0. The van der Waals surface area contributed by atoms with E-state index in [0.29, 0.717) is 11.4 Å². The van der Waals surface area contributed by atoms with Gasteiger partial charge in [0.15, 0.2) is 0 Å². The van der Waals surface area contributed by atoms with Gasteiger partial charge in [-0.15, -0.1) is 0 Å². The number of nitrogens with zero attached hydrogens (tertiary/aromatic N) is 1. The molecule has 4 rings (SSSR count). The number of rotatable bonds is 5. The molecule has 2 amide bonds. The largest absolute Gasteiger partial charge is 0.394 e. The predicted octanol–water partition coefficient (Wildman–Crippen LogP) is 1.77. The lowest BCUT2D eigenvalue weighted by atomic mass is 10.2. The Hall–Kier alpha value is -3.65. The van der Waals surface area contributed by atoms with Crippen LogP contribution in [-0.4, -0.2) is 44.8 Å². The fourth-order valence-corrected chi connectivity index (χ4v) is 2.87. The summed E-state index contributed by atoms with van der Waals surface area (Å²) in [6.07, 6.45) is 1.68. The van der Waals surface area contributed by atoms with E-state index in [2.05, 4.69) is 25.8 Å². The minimum absolute atomic E-state index is 0.321. The fourth-order valence-electron chi connectivity index (χ4n) is 2.87. The number of H-pyrrole nitrogens is 2. The van der Waals surface area contributed by atoms with Crippen molar-refractivity contribution < 1.29 is 14.7 Å². The second-order valence-electron chi connectivity index (χ2n) is 6.14. The number of aromatic amines is 2. The molecule has 27 heavy (non-hydrogen) atoms. The number of aliphatic hydroxyl groups is 1. The van der Waals surface area contributed by atoms with Crippen molar-refractivity contribution in [2.75, 3.05) is 11.9 Å². The highest BCUT2D eigenvalue weighted by Gasteiger charge is 2.21. The SMILES string of the molecule is O=C(NC(CO)C(=O)Nc1ccc2cn[nH]c2c1)c1cc2ccccc2[nH]1. The average molecular weight is 363 g/mol. The average Bonchev–Trinajstić information content (AvgIpc) is 3.31. The first-order valence-electron chi connectivity index (χ1n) is 8.37. The third-order valence-electron chi connectivity index (χ3n) is 4.29. The number of hydrogen-bond donors (Lipinski definition) is 5. The lowest BCUT2D eigenvalue weighted by Crippen LogP contribution is -2.46. The normalized spacial score (nSPS) is 12.2. The van der Waals surface area contributed by atoms with Crippen LogP contribution in [-0.2, 0) is 4.79 Å². The van der Waals surface area contributed by atoms with Crippen LogP contribution in [0.5, 0.6) is 0 Å².